The van der Waals surface area contributed by atoms with E-state index in [1.165, 1.54) is 6.07 Å². The molecule has 17 heavy (non-hydrogen) atoms. The summed E-state index contributed by atoms with van der Waals surface area (Å²) < 4.78 is 27.8. The second-order valence-corrected chi connectivity index (χ2v) is 3.91. The summed E-state index contributed by atoms with van der Waals surface area (Å²) in [6.07, 6.45) is 1.92. The molecule has 0 bridgehead atoms. The fourth-order valence-corrected chi connectivity index (χ4v) is 1.78. The maximum atomic E-state index is 13.1. The molecule has 4 heteroatoms. The van der Waals surface area contributed by atoms with Crippen molar-refractivity contribution in [1.82, 2.24) is 9.88 Å². The monoisotopic (exact) mass is 236 g/mol. The first-order valence-corrected chi connectivity index (χ1v) is 5.43. The number of nitrogens with one attached hydrogen (secondary N) is 1. The summed E-state index contributed by atoms with van der Waals surface area (Å²) >= 11 is 0. The lowest BCUT2D eigenvalue weighted by Crippen LogP contribution is -2.11. The van der Waals surface area contributed by atoms with Crippen LogP contribution in [0.2, 0.25) is 0 Å². The zero-order valence-electron chi connectivity index (χ0n) is 9.58. The van der Waals surface area contributed by atoms with Crippen molar-refractivity contribution in [2.24, 2.45) is 0 Å². The summed E-state index contributed by atoms with van der Waals surface area (Å²) in [6, 6.07) is 7.93. The van der Waals surface area contributed by atoms with Crippen LogP contribution in [0.3, 0.4) is 0 Å². The van der Waals surface area contributed by atoms with E-state index >= 15 is 0 Å². The van der Waals surface area contributed by atoms with Gasteiger partial charge in [-0.05, 0) is 36.9 Å². The maximum absolute atomic E-state index is 13.1. The van der Waals surface area contributed by atoms with E-state index in [0.29, 0.717) is 6.54 Å². The number of hydrogen-bond acceptors (Lipinski definition) is 1. The van der Waals surface area contributed by atoms with Gasteiger partial charge in [-0.1, -0.05) is 6.07 Å². The Hall–Kier alpha value is -1.68. The van der Waals surface area contributed by atoms with E-state index in [1.54, 1.807) is 6.07 Å². The highest BCUT2D eigenvalue weighted by Crippen LogP contribution is 2.12. The van der Waals surface area contributed by atoms with Crippen molar-refractivity contribution in [1.29, 1.82) is 0 Å². The molecule has 1 N–H and O–H groups in total. The Labute approximate surface area is 98.9 Å². The van der Waals surface area contributed by atoms with Gasteiger partial charge in [0.1, 0.15) is 0 Å². The standard InChI is InChI=1S/C13H14F2N2/c1-16-8-11-3-2-6-17(11)9-10-4-5-12(14)13(15)7-10/h2-7,16H,8-9H2,1H3. The van der Waals surface area contributed by atoms with Crippen LogP contribution in [0, 0.1) is 11.6 Å². The molecule has 0 amide bonds. The van der Waals surface area contributed by atoms with Crippen LogP contribution >= 0.6 is 0 Å². The second-order valence-electron chi connectivity index (χ2n) is 3.91. The molecule has 0 aliphatic rings. The molecule has 0 fully saturated rings. The maximum Gasteiger partial charge on any atom is 0.159 e. The number of halogens is 2. The number of benzene rings is 1. The van der Waals surface area contributed by atoms with E-state index in [9.17, 15) is 8.78 Å². The molecule has 2 rings (SSSR count). The smallest absolute Gasteiger partial charge is 0.159 e. The molecule has 1 heterocycles. The van der Waals surface area contributed by atoms with Gasteiger partial charge in [-0.3, -0.25) is 0 Å². The normalized spacial score (nSPS) is 10.8. The summed E-state index contributed by atoms with van der Waals surface area (Å²) in [6.45, 7) is 1.29. The van der Waals surface area contributed by atoms with Crippen molar-refractivity contribution in [2.75, 3.05) is 7.05 Å². The van der Waals surface area contributed by atoms with Gasteiger partial charge in [0.05, 0.1) is 0 Å². The third-order valence-corrected chi connectivity index (χ3v) is 2.62. The van der Waals surface area contributed by atoms with Gasteiger partial charge in [-0.2, -0.15) is 0 Å². The molecule has 1 aromatic carbocycles. The molecule has 0 aliphatic carbocycles. The van der Waals surface area contributed by atoms with Gasteiger partial charge < -0.3 is 9.88 Å². The van der Waals surface area contributed by atoms with Gasteiger partial charge in [-0.15, -0.1) is 0 Å². The zero-order valence-corrected chi connectivity index (χ0v) is 9.58. The molecule has 0 saturated heterocycles. The van der Waals surface area contributed by atoms with Crippen LogP contribution < -0.4 is 5.32 Å². The fraction of sp³-hybridized carbons (Fsp3) is 0.231. The predicted octanol–water partition coefficient (Wildman–Crippen LogP) is 2.53. The first-order valence-electron chi connectivity index (χ1n) is 5.43. The van der Waals surface area contributed by atoms with E-state index in [1.807, 2.05) is 29.9 Å². The van der Waals surface area contributed by atoms with Gasteiger partial charge in [0.15, 0.2) is 11.6 Å². The van der Waals surface area contributed by atoms with Gasteiger partial charge in [0, 0.05) is 25.0 Å². The highest BCUT2D eigenvalue weighted by molar-refractivity contribution is 5.19. The number of rotatable bonds is 4. The van der Waals surface area contributed by atoms with Crippen LogP contribution in [-0.2, 0) is 13.1 Å². The first-order chi connectivity index (χ1) is 8.20. The van der Waals surface area contributed by atoms with E-state index < -0.39 is 11.6 Å². The minimum Gasteiger partial charge on any atom is -0.346 e. The molecule has 1 aromatic heterocycles. The van der Waals surface area contributed by atoms with Gasteiger partial charge in [-0.25, -0.2) is 8.78 Å². The summed E-state index contributed by atoms with van der Waals surface area (Å²) in [7, 11) is 1.87. The molecule has 0 spiro atoms. The molecule has 90 valence electrons. The lowest BCUT2D eigenvalue weighted by atomic mass is 10.2. The van der Waals surface area contributed by atoms with Crippen molar-refractivity contribution in [2.45, 2.75) is 13.1 Å². The molecule has 2 aromatic rings. The summed E-state index contributed by atoms with van der Waals surface area (Å²) in [5, 5.41) is 3.06. The van der Waals surface area contributed by atoms with E-state index in [-0.39, 0.29) is 0 Å². The molecule has 0 unspecified atom stereocenters. The Bertz CT molecular complexity index is 506. The van der Waals surface area contributed by atoms with E-state index in [4.69, 9.17) is 0 Å². The Morgan fingerprint density at radius 3 is 2.71 bits per heavy atom. The molecule has 0 aliphatic heterocycles. The summed E-state index contributed by atoms with van der Waals surface area (Å²) in [5.41, 5.74) is 1.86. The first kappa shape index (κ1) is 11.8. The lowest BCUT2D eigenvalue weighted by molar-refractivity contribution is 0.506. The van der Waals surface area contributed by atoms with Crippen LogP contribution in [0.25, 0.3) is 0 Å². The molecule has 2 nitrogen and oxygen atoms in total. The average Bonchev–Trinajstić information content (AvgIpc) is 2.72. The largest absolute Gasteiger partial charge is 0.346 e. The quantitative estimate of drug-likeness (QED) is 0.863. The third kappa shape index (κ3) is 2.71. The van der Waals surface area contributed by atoms with Crippen LogP contribution in [0.5, 0.6) is 0 Å². The Morgan fingerprint density at radius 2 is 2.00 bits per heavy atom. The van der Waals surface area contributed by atoms with Crippen LogP contribution in [-0.4, -0.2) is 11.6 Å². The number of nitrogens with zero attached hydrogens (tertiary/aromatic N) is 1. The fourth-order valence-electron chi connectivity index (χ4n) is 1.78. The molecule has 0 saturated carbocycles. The molecular weight excluding hydrogens is 222 g/mol. The van der Waals surface area contributed by atoms with E-state index in [0.717, 1.165) is 23.9 Å². The highest BCUT2D eigenvalue weighted by Gasteiger charge is 2.05. The molecular formula is C13H14F2N2. The predicted molar refractivity (Wildman–Crippen MR) is 62.7 cm³/mol. The highest BCUT2D eigenvalue weighted by atomic mass is 19.2. The van der Waals surface area contributed by atoms with Crippen molar-refractivity contribution in [3.8, 4) is 0 Å². The molecule has 0 atom stereocenters. The second kappa shape index (κ2) is 5.10. The Balaban J connectivity index is 2.19. The number of aromatic nitrogens is 1. The van der Waals surface area contributed by atoms with Crippen LogP contribution in [0.1, 0.15) is 11.3 Å². The summed E-state index contributed by atoms with van der Waals surface area (Å²) in [4.78, 5) is 0. The van der Waals surface area contributed by atoms with Crippen LogP contribution in [0.15, 0.2) is 36.5 Å². The van der Waals surface area contributed by atoms with Crippen LogP contribution in [0.4, 0.5) is 8.78 Å². The third-order valence-electron chi connectivity index (χ3n) is 2.62. The van der Waals surface area contributed by atoms with E-state index in [2.05, 4.69) is 5.32 Å². The van der Waals surface area contributed by atoms with Crippen molar-refractivity contribution in [3.63, 3.8) is 0 Å². The molecule has 0 radical (unpaired) electrons. The number of hydrogen-bond donors (Lipinski definition) is 1. The SMILES string of the molecule is CNCc1cccn1Cc1ccc(F)c(F)c1. The zero-order chi connectivity index (χ0) is 12.3. The minimum atomic E-state index is -0.809. The van der Waals surface area contributed by atoms with Gasteiger partial charge in [0.25, 0.3) is 0 Å². The Morgan fingerprint density at radius 1 is 1.18 bits per heavy atom. The van der Waals surface area contributed by atoms with Crippen molar-refractivity contribution in [3.05, 3.63) is 59.4 Å². The van der Waals surface area contributed by atoms with Crippen molar-refractivity contribution >= 4 is 0 Å². The lowest BCUT2D eigenvalue weighted by Gasteiger charge is -2.09. The average molecular weight is 236 g/mol. The summed E-state index contributed by atoms with van der Waals surface area (Å²) in [5.74, 6) is -1.61. The Kier molecular flexibility index (Phi) is 3.54. The van der Waals surface area contributed by atoms with Crippen molar-refractivity contribution < 1.29 is 8.78 Å². The van der Waals surface area contributed by atoms with Gasteiger partial charge >= 0.3 is 0 Å². The van der Waals surface area contributed by atoms with Gasteiger partial charge in [0.2, 0.25) is 0 Å². The topological polar surface area (TPSA) is 17.0 Å². The minimum absolute atomic E-state index is 0.543.